The minimum absolute atomic E-state index is 0.0445. The molecule has 4 aliphatic rings. The molecular formula is C35H34F3N5O4. The Hall–Kier alpha value is -4.58. The van der Waals surface area contributed by atoms with E-state index in [0.717, 1.165) is 35.6 Å². The summed E-state index contributed by atoms with van der Waals surface area (Å²) in [6.07, 6.45) is 9.62. The molecule has 3 aromatic rings. The van der Waals surface area contributed by atoms with Crippen molar-refractivity contribution >= 4 is 29.6 Å². The summed E-state index contributed by atoms with van der Waals surface area (Å²) in [6, 6.07) is 3.44. The first-order valence-electron chi connectivity index (χ1n) is 15.9. The number of halogens is 3. The van der Waals surface area contributed by atoms with E-state index < -0.39 is 46.8 Å². The van der Waals surface area contributed by atoms with Crippen molar-refractivity contribution in [3.63, 3.8) is 0 Å². The molecule has 7 rings (SSSR count). The van der Waals surface area contributed by atoms with Gasteiger partial charge in [0, 0.05) is 61.2 Å². The maximum Gasteiger partial charge on any atom is 0.253 e. The molecule has 12 heteroatoms. The number of pyridine rings is 2. The van der Waals surface area contributed by atoms with Gasteiger partial charge in [0.25, 0.3) is 5.91 Å². The van der Waals surface area contributed by atoms with Crippen LogP contribution in [0.25, 0.3) is 6.08 Å². The molecule has 1 aliphatic carbocycles. The number of piperidine rings is 1. The van der Waals surface area contributed by atoms with Crippen molar-refractivity contribution in [3.8, 4) is 0 Å². The van der Waals surface area contributed by atoms with Crippen molar-refractivity contribution in [2.45, 2.75) is 68.9 Å². The zero-order chi connectivity index (χ0) is 32.9. The number of nitrogens with one attached hydrogen (secondary N) is 2. The second-order valence-electron chi connectivity index (χ2n) is 12.9. The van der Waals surface area contributed by atoms with Gasteiger partial charge in [0.05, 0.1) is 17.6 Å². The van der Waals surface area contributed by atoms with Crippen LogP contribution in [0, 0.1) is 17.5 Å². The molecular weight excluding hydrogens is 611 g/mol. The van der Waals surface area contributed by atoms with E-state index in [2.05, 4.69) is 20.6 Å². The van der Waals surface area contributed by atoms with Crippen LogP contribution in [0.3, 0.4) is 0 Å². The van der Waals surface area contributed by atoms with Gasteiger partial charge in [-0.1, -0.05) is 12.2 Å². The molecule has 1 saturated heterocycles. The Bertz CT molecular complexity index is 1820. The predicted molar refractivity (Wildman–Crippen MR) is 166 cm³/mol. The van der Waals surface area contributed by atoms with E-state index in [4.69, 9.17) is 4.74 Å². The molecule has 9 nitrogen and oxygen atoms in total. The van der Waals surface area contributed by atoms with E-state index in [0.29, 0.717) is 56.6 Å². The van der Waals surface area contributed by atoms with Gasteiger partial charge in [0.15, 0.2) is 11.6 Å². The predicted octanol–water partition coefficient (Wildman–Crippen LogP) is 4.60. The molecule has 244 valence electrons. The van der Waals surface area contributed by atoms with Crippen LogP contribution in [0.1, 0.15) is 76.8 Å². The molecule has 47 heavy (non-hydrogen) atoms. The molecule has 7 bridgehead atoms. The fraction of sp³-hybridized carbons (Fsp3) is 0.400. The van der Waals surface area contributed by atoms with E-state index in [9.17, 15) is 23.2 Å². The van der Waals surface area contributed by atoms with Crippen molar-refractivity contribution in [3.05, 3.63) is 93.7 Å². The number of amides is 3. The first-order chi connectivity index (χ1) is 22.6. The molecule has 0 saturated carbocycles. The highest BCUT2D eigenvalue weighted by molar-refractivity contribution is 6.06. The van der Waals surface area contributed by atoms with Gasteiger partial charge >= 0.3 is 0 Å². The summed E-state index contributed by atoms with van der Waals surface area (Å²) in [5, 5.41) is 5.70. The van der Waals surface area contributed by atoms with E-state index in [-0.39, 0.29) is 29.4 Å². The lowest BCUT2D eigenvalue weighted by Crippen LogP contribution is -2.58. The van der Waals surface area contributed by atoms with Crippen LogP contribution in [-0.2, 0) is 32.6 Å². The quantitative estimate of drug-likeness (QED) is 0.374. The molecule has 3 amide bonds. The Morgan fingerprint density at radius 3 is 2.70 bits per heavy atom. The minimum Gasteiger partial charge on any atom is -0.377 e. The van der Waals surface area contributed by atoms with Gasteiger partial charge in [-0.15, -0.1) is 0 Å². The monoisotopic (exact) mass is 645 g/mol. The van der Waals surface area contributed by atoms with Crippen molar-refractivity contribution in [1.29, 1.82) is 0 Å². The van der Waals surface area contributed by atoms with Gasteiger partial charge in [-0.2, -0.15) is 0 Å². The Balaban J connectivity index is 1.22. The highest BCUT2D eigenvalue weighted by atomic mass is 19.2. The molecule has 1 fully saturated rings. The topological polar surface area (TPSA) is 114 Å². The Labute approximate surface area is 269 Å². The zero-order valence-corrected chi connectivity index (χ0v) is 25.8. The van der Waals surface area contributed by atoms with Gasteiger partial charge < -0.3 is 20.3 Å². The average Bonchev–Trinajstić information content (AvgIpc) is 3.56. The van der Waals surface area contributed by atoms with Crippen molar-refractivity contribution in [2.24, 2.45) is 0 Å². The Morgan fingerprint density at radius 2 is 1.85 bits per heavy atom. The van der Waals surface area contributed by atoms with Gasteiger partial charge in [0.1, 0.15) is 17.7 Å². The largest absolute Gasteiger partial charge is 0.377 e. The number of benzene rings is 1. The first kappa shape index (κ1) is 31.0. The Kier molecular flexibility index (Phi) is 8.07. The smallest absolute Gasteiger partial charge is 0.253 e. The van der Waals surface area contributed by atoms with Crippen LogP contribution in [-0.4, -0.2) is 64.4 Å². The fourth-order valence-corrected chi connectivity index (χ4v) is 7.46. The van der Waals surface area contributed by atoms with E-state index >= 15 is 4.39 Å². The molecule has 4 unspecified atom stereocenters. The fourth-order valence-electron chi connectivity index (χ4n) is 7.46. The lowest BCUT2D eigenvalue weighted by molar-refractivity contribution is -0.139. The van der Waals surface area contributed by atoms with Crippen LogP contribution in [0.2, 0.25) is 0 Å². The Morgan fingerprint density at radius 1 is 1.00 bits per heavy atom. The summed E-state index contributed by atoms with van der Waals surface area (Å²) in [4.78, 5) is 51.4. The van der Waals surface area contributed by atoms with E-state index in [1.54, 1.807) is 24.1 Å². The number of aromatic nitrogens is 2. The van der Waals surface area contributed by atoms with E-state index in [1.165, 1.54) is 6.20 Å². The summed E-state index contributed by atoms with van der Waals surface area (Å²) in [5.74, 6) is -4.77. The number of carbonyl (C=O) groups is 3. The van der Waals surface area contributed by atoms with Crippen molar-refractivity contribution in [2.75, 3.05) is 25.1 Å². The van der Waals surface area contributed by atoms with Gasteiger partial charge in [-0.05, 0) is 73.9 Å². The standard InChI is InChI=1S/C35H34F3N5O4/c1-19-24(25-12-23(36)13-27(37)30(25)38)14-28-33(45)43(19)7-3-2-4-8-47-9-5-6-20-10-26-31(40-17-20)42-34(46)35(26)15-21-11-22(32(44)41-28)18-39-29(21)16-35/h5-6,10-13,17-19,24,28H,2-4,7-9,14-16H2,1H3,(H,41,44)(H,40,42,46). The van der Waals surface area contributed by atoms with Crippen LogP contribution in [0.15, 0.2) is 42.7 Å². The second-order valence-corrected chi connectivity index (χ2v) is 12.9. The molecule has 2 N–H and O–H groups in total. The average molecular weight is 646 g/mol. The third kappa shape index (κ3) is 5.58. The molecule has 5 heterocycles. The number of fused-ring (bicyclic) bond motifs is 4. The normalized spacial score (nSPS) is 26.1. The van der Waals surface area contributed by atoms with Crippen LogP contribution in [0.4, 0.5) is 19.0 Å². The first-order valence-corrected chi connectivity index (χ1v) is 15.9. The highest BCUT2D eigenvalue weighted by Gasteiger charge is 2.52. The number of hydrogen-bond acceptors (Lipinski definition) is 6. The number of nitrogens with zero attached hydrogens (tertiary/aromatic N) is 3. The van der Waals surface area contributed by atoms with Gasteiger partial charge in [0.2, 0.25) is 11.8 Å². The summed E-state index contributed by atoms with van der Waals surface area (Å²) >= 11 is 0. The summed E-state index contributed by atoms with van der Waals surface area (Å²) in [7, 11) is 0. The number of ether oxygens (including phenoxy) is 1. The highest BCUT2D eigenvalue weighted by Crippen LogP contribution is 2.46. The lowest BCUT2D eigenvalue weighted by atomic mass is 9.79. The van der Waals surface area contributed by atoms with Crippen molar-refractivity contribution in [1.82, 2.24) is 20.2 Å². The third-order valence-electron chi connectivity index (χ3n) is 9.96. The van der Waals surface area contributed by atoms with Crippen LogP contribution < -0.4 is 10.6 Å². The maximum absolute atomic E-state index is 15.1. The molecule has 1 aromatic carbocycles. The number of carbonyl (C=O) groups excluding carboxylic acids is 3. The number of rotatable bonds is 1. The van der Waals surface area contributed by atoms with Gasteiger partial charge in [-0.3, -0.25) is 19.4 Å². The van der Waals surface area contributed by atoms with E-state index in [1.807, 2.05) is 18.2 Å². The van der Waals surface area contributed by atoms with Crippen LogP contribution in [0.5, 0.6) is 0 Å². The molecule has 2 aromatic heterocycles. The third-order valence-corrected chi connectivity index (χ3v) is 9.96. The lowest BCUT2D eigenvalue weighted by Gasteiger charge is -2.43. The zero-order valence-electron chi connectivity index (χ0n) is 25.8. The van der Waals surface area contributed by atoms with Crippen molar-refractivity contribution < 1.29 is 32.3 Å². The second kappa shape index (κ2) is 12.2. The summed E-state index contributed by atoms with van der Waals surface area (Å²) in [6.45, 7) is 2.94. The van der Waals surface area contributed by atoms with Crippen LogP contribution >= 0.6 is 0 Å². The molecule has 1 spiro atoms. The molecule has 3 aliphatic heterocycles. The number of hydrogen-bond donors (Lipinski definition) is 2. The molecule has 0 radical (unpaired) electrons. The number of anilines is 1. The maximum atomic E-state index is 15.1. The molecule has 4 atom stereocenters. The summed E-state index contributed by atoms with van der Waals surface area (Å²) < 4.78 is 49.4. The summed E-state index contributed by atoms with van der Waals surface area (Å²) in [5.41, 5.74) is 2.14. The SMILES string of the molecule is CC1C(c2cc(F)cc(F)c2F)CC2NC(=O)c3cnc4c(c3)CC3(C4)C(=O)Nc4ncc(cc43)C=CCOCCCCCN1C2=O. The van der Waals surface area contributed by atoms with Gasteiger partial charge in [-0.25, -0.2) is 18.2 Å². The minimum atomic E-state index is -1.31.